The topological polar surface area (TPSA) is 78.1 Å². The van der Waals surface area contributed by atoms with Gasteiger partial charge in [-0.05, 0) is 44.6 Å². The number of hydrogen-bond acceptors (Lipinski definition) is 3. The predicted molar refractivity (Wildman–Crippen MR) is 91.6 cm³/mol. The van der Waals surface area contributed by atoms with Crippen LogP contribution in [0.15, 0.2) is 6.07 Å². The number of aromatic amines is 1. The van der Waals surface area contributed by atoms with E-state index < -0.39 is 0 Å². The van der Waals surface area contributed by atoms with Crippen LogP contribution in [0.25, 0.3) is 0 Å². The van der Waals surface area contributed by atoms with Crippen molar-refractivity contribution in [3.63, 3.8) is 0 Å². The van der Waals surface area contributed by atoms with E-state index in [2.05, 4.69) is 29.4 Å². The van der Waals surface area contributed by atoms with Crippen molar-refractivity contribution in [2.45, 2.75) is 53.0 Å². The predicted octanol–water partition coefficient (Wildman–Crippen LogP) is 2.16. The Hall–Kier alpha value is -1.85. The molecule has 0 aromatic carbocycles. The van der Waals surface area contributed by atoms with Gasteiger partial charge < -0.3 is 10.2 Å². The molecule has 2 N–H and O–H groups in total. The number of piperidine rings is 1. The van der Waals surface area contributed by atoms with Crippen LogP contribution in [-0.2, 0) is 4.79 Å². The van der Waals surface area contributed by atoms with Gasteiger partial charge in [-0.15, -0.1) is 0 Å². The zero-order valence-corrected chi connectivity index (χ0v) is 15.4. The summed E-state index contributed by atoms with van der Waals surface area (Å²) < 4.78 is 0. The van der Waals surface area contributed by atoms with Crippen LogP contribution in [0.3, 0.4) is 0 Å². The number of likely N-dealkylation sites (tertiary alicyclic amines) is 1. The number of nitrogens with one attached hydrogen (secondary N) is 2. The van der Waals surface area contributed by atoms with E-state index in [0.717, 1.165) is 5.69 Å². The number of H-pyrrole nitrogens is 1. The molecule has 0 spiro atoms. The van der Waals surface area contributed by atoms with Gasteiger partial charge in [-0.3, -0.25) is 14.7 Å². The molecule has 2 fully saturated rings. The van der Waals surface area contributed by atoms with Crippen molar-refractivity contribution < 1.29 is 9.59 Å². The highest BCUT2D eigenvalue weighted by Crippen LogP contribution is 2.62. The zero-order valence-electron chi connectivity index (χ0n) is 15.4. The van der Waals surface area contributed by atoms with Crippen LogP contribution in [0.4, 0.5) is 0 Å². The number of hydrogen-bond donors (Lipinski definition) is 2. The van der Waals surface area contributed by atoms with Crippen LogP contribution < -0.4 is 5.32 Å². The van der Waals surface area contributed by atoms with Crippen molar-refractivity contribution >= 4 is 11.8 Å². The van der Waals surface area contributed by atoms with E-state index in [4.69, 9.17) is 0 Å². The molecule has 1 saturated carbocycles. The minimum atomic E-state index is -0.335. The summed E-state index contributed by atoms with van der Waals surface area (Å²) in [5.41, 5.74) is 0.881. The van der Waals surface area contributed by atoms with Gasteiger partial charge in [-0.2, -0.15) is 5.10 Å². The number of carbonyl (C=O) groups is 2. The lowest BCUT2D eigenvalue weighted by molar-refractivity contribution is -0.128. The first-order chi connectivity index (χ1) is 11.0. The third-order valence-corrected chi connectivity index (χ3v) is 5.46. The number of rotatable bonds is 3. The van der Waals surface area contributed by atoms with E-state index in [0.29, 0.717) is 24.7 Å². The van der Waals surface area contributed by atoms with Crippen LogP contribution >= 0.6 is 0 Å². The van der Waals surface area contributed by atoms with Gasteiger partial charge in [0.15, 0.2) is 0 Å². The largest absolute Gasteiger partial charge is 0.351 e. The van der Waals surface area contributed by atoms with Crippen molar-refractivity contribution in [3.05, 3.63) is 17.5 Å². The highest BCUT2D eigenvalue weighted by molar-refractivity contribution is 5.94. The van der Waals surface area contributed by atoms with Crippen molar-refractivity contribution in [1.82, 2.24) is 20.4 Å². The van der Waals surface area contributed by atoms with Crippen molar-refractivity contribution in [1.29, 1.82) is 0 Å². The van der Waals surface area contributed by atoms with Crippen molar-refractivity contribution in [2.75, 3.05) is 13.1 Å². The molecule has 1 aromatic heterocycles. The average Bonchev–Trinajstić information content (AvgIpc) is 2.95. The Labute approximate surface area is 143 Å². The maximum absolute atomic E-state index is 12.6. The number of fused-ring (bicyclic) bond motifs is 1. The molecule has 0 radical (unpaired) electrons. The first-order valence-electron chi connectivity index (χ1n) is 8.71. The molecule has 2 amide bonds. The minimum Gasteiger partial charge on any atom is -0.351 e. The molecule has 0 bridgehead atoms. The molecule has 6 heteroatoms. The number of carbonyl (C=O) groups excluding carboxylic acids is 2. The first kappa shape index (κ1) is 17.0. The first-order valence-corrected chi connectivity index (χ1v) is 8.71. The fourth-order valence-corrected chi connectivity index (χ4v) is 3.76. The standard InChI is InChI=1S/C18H28N4O2/c1-10(2)13-7-14(21-20-13)15(23)22-8-11-12(9-22)18(11,6)16(24)19-17(3,4)5/h7,10-12H,8-9H2,1-6H3,(H,19,24)(H,20,21). The summed E-state index contributed by atoms with van der Waals surface area (Å²) in [5.74, 6) is 0.901. The second-order valence-corrected chi connectivity index (χ2v) is 8.77. The highest BCUT2D eigenvalue weighted by atomic mass is 16.2. The molecule has 1 saturated heterocycles. The molecule has 1 aromatic rings. The number of aromatic nitrogens is 2. The van der Waals surface area contributed by atoms with Crippen LogP contribution in [0.5, 0.6) is 0 Å². The monoisotopic (exact) mass is 332 g/mol. The summed E-state index contributed by atoms with van der Waals surface area (Å²) >= 11 is 0. The van der Waals surface area contributed by atoms with Crippen molar-refractivity contribution in [2.24, 2.45) is 17.3 Å². The Morgan fingerprint density at radius 1 is 1.33 bits per heavy atom. The highest BCUT2D eigenvalue weighted by Gasteiger charge is 2.70. The maximum atomic E-state index is 12.6. The Balaban J connectivity index is 1.63. The molecular formula is C18H28N4O2. The van der Waals surface area contributed by atoms with Gasteiger partial charge in [0.05, 0.1) is 5.41 Å². The third kappa shape index (κ3) is 2.72. The van der Waals surface area contributed by atoms with Crippen LogP contribution in [-0.4, -0.2) is 45.5 Å². The van der Waals surface area contributed by atoms with Crippen LogP contribution in [0, 0.1) is 17.3 Å². The number of nitrogens with zero attached hydrogens (tertiary/aromatic N) is 2. The minimum absolute atomic E-state index is 0.0380. The second-order valence-electron chi connectivity index (χ2n) is 8.77. The molecule has 3 rings (SSSR count). The normalized spacial score (nSPS) is 28.9. The Morgan fingerprint density at radius 2 is 1.92 bits per heavy atom. The molecule has 2 unspecified atom stereocenters. The fraction of sp³-hybridized carbons (Fsp3) is 0.722. The summed E-state index contributed by atoms with van der Waals surface area (Å²) in [5, 5.41) is 10.2. The summed E-state index contributed by atoms with van der Waals surface area (Å²) in [4.78, 5) is 27.0. The molecule has 1 aliphatic heterocycles. The summed E-state index contributed by atoms with van der Waals surface area (Å²) in [6.45, 7) is 13.4. The van der Waals surface area contributed by atoms with Gasteiger partial charge in [-0.1, -0.05) is 20.8 Å². The molecule has 1 aliphatic carbocycles. The molecule has 2 heterocycles. The Morgan fingerprint density at radius 3 is 2.38 bits per heavy atom. The van der Waals surface area contributed by atoms with E-state index in [1.165, 1.54) is 0 Å². The molecule has 2 atom stereocenters. The SMILES string of the molecule is CC(C)c1cc(C(=O)N2CC3C(C2)C3(C)C(=O)NC(C)(C)C)n[nH]1. The van der Waals surface area contributed by atoms with E-state index in [1.54, 1.807) is 0 Å². The molecule has 2 aliphatic rings. The number of amides is 2. The van der Waals surface area contributed by atoms with E-state index >= 15 is 0 Å². The van der Waals surface area contributed by atoms with Gasteiger partial charge in [0, 0.05) is 24.3 Å². The summed E-state index contributed by atoms with van der Waals surface area (Å²) in [6.07, 6.45) is 0. The zero-order chi connectivity index (χ0) is 17.9. The Kier molecular flexibility index (Phi) is 3.77. The van der Waals surface area contributed by atoms with Crippen LogP contribution in [0.2, 0.25) is 0 Å². The smallest absolute Gasteiger partial charge is 0.274 e. The average molecular weight is 332 g/mol. The summed E-state index contributed by atoms with van der Waals surface area (Å²) in [7, 11) is 0. The van der Waals surface area contributed by atoms with Crippen molar-refractivity contribution in [3.8, 4) is 0 Å². The lowest BCUT2D eigenvalue weighted by Crippen LogP contribution is -2.47. The molecule has 6 nitrogen and oxygen atoms in total. The lowest BCUT2D eigenvalue weighted by Gasteiger charge is -2.27. The fourth-order valence-electron chi connectivity index (χ4n) is 3.76. The van der Waals surface area contributed by atoms with Crippen LogP contribution in [0.1, 0.15) is 63.6 Å². The third-order valence-electron chi connectivity index (χ3n) is 5.46. The van der Waals surface area contributed by atoms with Gasteiger partial charge in [0.25, 0.3) is 5.91 Å². The molecule has 132 valence electrons. The molecular weight excluding hydrogens is 304 g/mol. The van der Waals surface area contributed by atoms with E-state index in [9.17, 15) is 9.59 Å². The van der Waals surface area contributed by atoms with E-state index in [1.807, 2.05) is 38.7 Å². The summed E-state index contributed by atoms with van der Waals surface area (Å²) in [6, 6.07) is 1.84. The van der Waals surface area contributed by atoms with E-state index in [-0.39, 0.29) is 34.6 Å². The van der Waals surface area contributed by atoms with Gasteiger partial charge in [-0.25, -0.2) is 0 Å². The molecule has 24 heavy (non-hydrogen) atoms. The quantitative estimate of drug-likeness (QED) is 0.890. The van der Waals surface area contributed by atoms with Gasteiger partial charge >= 0.3 is 0 Å². The lowest BCUT2D eigenvalue weighted by atomic mass is 9.98. The van der Waals surface area contributed by atoms with Gasteiger partial charge in [0.1, 0.15) is 5.69 Å². The Bertz CT molecular complexity index is 659. The maximum Gasteiger partial charge on any atom is 0.274 e. The van der Waals surface area contributed by atoms with Gasteiger partial charge in [0.2, 0.25) is 5.91 Å². The second kappa shape index (κ2) is 5.33.